The van der Waals surface area contributed by atoms with Gasteiger partial charge in [0.15, 0.2) is 5.60 Å². The van der Waals surface area contributed by atoms with Crippen LogP contribution in [0, 0.1) is 11.2 Å². The van der Waals surface area contributed by atoms with Crippen LogP contribution in [0.3, 0.4) is 0 Å². The highest BCUT2D eigenvalue weighted by Gasteiger charge is 2.46. The Kier molecular flexibility index (Phi) is 6.26. The minimum absolute atomic E-state index is 0.00502. The first-order valence-electron chi connectivity index (χ1n) is 8.92. The predicted octanol–water partition coefficient (Wildman–Crippen LogP) is 4.41. The molecule has 0 saturated carbocycles. The maximum atomic E-state index is 13.7. The van der Waals surface area contributed by atoms with Crippen LogP contribution in [0.25, 0.3) is 0 Å². The van der Waals surface area contributed by atoms with Crippen LogP contribution in [0.4, 0.5) is 4.39 Å². The van der Waals surface area contributed by atoms with Crippen LogP contribution in [0.5, 0.6) is 5.75 Å². The molecule has 2 rings (SSSR count). The quantitative estimate of drug-likeness (QED) is 0.718. The zero-order valence-electron chi connectivity index (χ0n) is 16.2. The van der Waals surface area contributed by atoms with E-state index in [0.29, 0.717) is 17.7 Å². The van der Waals surface area contributed by atoms with E-state index in [2.05, 4.69) is 0 Å². The summed E-state index contributed by atoms with van der Waals surface area (Å²) >= 11 is 0. The van der Waals surface area contributed by atoms with Gasteiger partial charge >= 0.3 is 5.97 Å². The Morgan fingerprint density at radius 1 is 1.19 bits per heavy atom. The molecule has 0 aromatic heterocycles. The highest BCUT2D eigenvalue weighted by atomic mass is 19.1. The molecule has 2 aromatic rings. The summed E-state index contributed by atoms with van der Waals surface area (Å²) < 4.78 is 19.0. The number of benzene rings is 2. The van der Waals surface area contributed by atoms with Crippen molar-refractivity contribution in [1.29, 1.82) is 0 Å². The Bertz CT molecular complexity index is 788. The second-order valence-corrected chi connectivity index (χ2v) is 7.84. The summed E-state index contributed by atoms with van der Waals surface area (Å²) in [6, 6.07) is 13.4. The third kappa shape index (κ3) is 4.86. The fourth-order valence-electron chi connectivity index (χ4n) is 3.62. The first-order valence-corrected chi connectivity index (χ1v) is 8.92. The van der Waals surface area contributed by atoms with E-state index in [0.717, 1.165) is 5.56 Å². The zero-order valence-corrected chi connectivity index (χ0v) is 16.2. The van der Waals surface area contributed by atoms with Gasteiger partial charge in [-0.2, -0.15) is 0 Å². The van der Waals surface area contributed by atoms with Gasteiger partial charge in [0.05, 0.1) is 7.11 Å². The summed E-state index contributed by atoms with van der Waals surface area (Å²) in [5, 5.41) is 20.9. The first kappa shape index (κ1) is 20.9. The third-order valence-electron chi connectivity index (χ3n) is 5.05. The monoisotopic (exact) mass is 374 g/mol. The molecule has 0 saturated heterocycles. The summed E-state index contributed by atoms with van der Waals surface area (Å²) in [7, 11) is 1.51. The maximum absolute atomic E-state index is 13.7. The number of hydrogen-bond acceptors (Lipinski definition) is 3. The minimum Gasteiger partial charge on any atom is -0.496 e. The van der Waals surface area contributed by atoms with Crippen molar-refractivity contribution in [2.75, 3.05) is 7.11 Å². The van der Waals surface area contributed by atoms with Crippen LogP contribution in [-0.4, -0.2) is 28.9 Å². The molecule has 0 heterocycles. The van der Waals surface area contributed by atoms with Gasteiger partial charge in [0.25, 0.3) is 0 Å². The number of aliphatic carboxylic acids is 1. The summed E-state index contributed by atoms with van der Waals surface area (Å²) in [6.45, 7) is 5.44. The number of carbonyl (C=O) groups is 1. The van der Waals surface area contributed by atoms with E-state index in [-0.39, 0.29) is 12.2 Å². The van der Waals surface area contributed by atoms with E-state index in [4.69, 9.17) is 4.74 Å². The lowest BCUT2D eigenvalue weighted by molar-refractivity contribution is -0.164. The standard InChI is InChI=1S/C22H27FO4/c1-15(16-8-6-5-7-9-16)22(26,20(24)25)14-21(2,3)13-17-12-18(23)10-11-19(17)27-4/h5-12,15,26H,13-14H2,1-4H3,(H,24,25). The van der Waals surface area contributed by atoms with Crippen molar-refractivity contribution in [3.63, 3.8) is 0 Å². The van der Waals surface area contributed by atoms with Crippen molar-refractivity contribution in [2.45, 2.75) is 45.1 Å². The number of rotatable bonds is 8. The second kappa shape index (κ2) is 8.09. The Hall–Kier alpha value is -2.40. The molecule has 27 heavy (non-hydrogen) atoms. The topological polar surface area (TPSA) is 66.8 Å². The molecule has 0 amide bonds. The van der Waals surface area contributed by atoms with Crippen LogP contribution < -0.4 is 4.74 Å². The molecule has 2 aromatic carbocycles. The van der Waals surface area contributed by atoms with E-state index >= 15 is 0 Å². The average Bonchev–Trinajstić information content (AvgIpc) is 2.61. The van der Waals surface area contributed by atoms with Gasteiger partial charge in [-0.3, -0.25) is 0 Å². The van der Waals surface area contributed by atoms with Crippen LogP contribution in [0.1, 0.15) is 44.2 Å². The Labute approximate surface area is 159 Å². The molecule has 0 bridgehead atoms. The van der Waals surface area contributed by atoms with Crippen molar-refractivity contribution in [3.8, 4) is 5.75 Å². The van der Waals surface area contributed by atoms with Gasteiger partial charge < -0.3 is 14.9 Å². The molecule has 0 radical (unpaired) electrons. The van der Waals surface area contributed by atoms with Gasteiger partial charge in [-0.1, -0.05) is 51.1 Å². The number of methoxy groups -OCH3 is 1. The summed E-state index contributed by atoms with van der Waals surface area (Å²) in [4.78, 5) is 12.0. The normalized spacial score (nSPS) is 15.0. The van der Waals surface area contributed by atoms with Crippen LogP contribution in [-0.2, 0) is 11.2 Å². The van der Waals surface area contributed by atoms with E-state index in [9.17, 15) is 19.4 Å². The molecular formula is C22H27FO4. The lowest BCUT2D eigenvalue weighted by atomic mass is 9.70. The second-order valence-electron chi connectivity index (χ2n) is 7.84. The molecule has 0 spiro atoms. The van der Waals surface area contributed by atoms with Crippen molar-refractivity contribution in [3.05, 3.63) is 65.5 Å². The van der Waals surface area contributed by atoms with Crippen LogP contribution in [0.15, 0.2) is 48.5 Å². The number of carboxylic acid groups (broad SMARTS) is 1. The Morgan fingerprint density at radius 2 is 1.81 bits per heavy atom. The van der Waals surface area contributed by atoms with Crippen molar-refractivity contribution in [1.82, 2.24) is 0 Å². The highest BCUT2D eigenvalue weighted by Crippen LogP contribution is 2.41. The third-order valence-corrected chi connectivity index (χ3v) is 5.05. The molecule has 5 heteroatoms. The molecule has 2 N–H and O–H groups in total. The Morgan fingerprint density at radius 3 is 2.37 bits per heavy atom. The van der Waals surface area contributed by atoms with E-state index < -0.39 is 22.9 Å². The lowest BCUT2D eigenvalue weighted by Crippen LogP contribution is -2.47. The number of ether oxygens (including phenoxy) is 1. The van der Waals surface area contributed by atoms with Gasteiger partial charge in [0.1, 0.15) is 11.6 Å². The van der Waals surface area contributed by atoms with Crippen molar-refractivity contribution >= 4 is 5.97 Å². The van der Waals surface area contributed by atoms with Gasteiger partial charge in [-0.05, 0) is 47.6 Å². The molecular weight excluding hydrogens is 347 g/mol. The van der Waals surface area contributed by atoms with Crippen LogP contribution in [0.2, 0.25) is 0 Å². The smallest absolute Gasteiger partial charge is 0.336 e. The fraction of sp³-hybridized carbons (Fsp3) is 0.409. The van der Waals surface area contributed by atoms with Gasteiger partial charge in [0, 0.05) is 5.92 Å². The van der Waals surface area contributed by atoms with Crippen molar-refractivity contribution < 1.29 is 24.1 Å². The summed E-state index contributed by atoms with van der Waals surface area (Å²) in [5.74, 6) is -1.71. The first-order chi connectivity index (χ1) is 12.6. The Balaban J connectivity index is 2.32. The molecule has 2 unspecified atom stereocenters. The molecule has 0 fully saturated rings. The minimum atomic E-state index is -1.95. The van der Waals surface area contributed by atoms with Crippen LogP contribution >= 0.6 is 0 Å². The summed E-state index contributed by atoms with van der Waals surface area (Å²) in [6.07, 6.45) is 0.371. The predicted molar refractivity (Wildman–Crippen MR) is 102 cm³/mol. The summed E-state index contributed by atoms with van der Waals surface area (Å²) in [5.41, 5.74) is -1.17. The lowest BCUT2D eigenvalue weighted by Gasteiger charge is -2.37. The molecule has 2 atom stereocenters. The number of carboxylic acids is 1. The molecule has 0 aliphatic carbocycles. The van der Waals surface area contributed by atoms with E-state index in [1.54, 1.807) is 25.1 Å². The van der Waals surface area contributed by atoms with E-state index in [1.807, 2.05) is 32.0 Å². The maximum Gasteiger partial charge on any atom is 0.336 e. The molecule has 146 valence electrons. The number of aliphatic hydroxyl groups is 1. The van der Waals surface area contributed by atoms with Gasteiger partial charge in [-0.15, -0.1) is 0 Å². The molecule has 4 nitrogen and oxygen atoms in total. The van der Waals surface area contributed by atoms with Gasteiger partial charge in [0.2, 0.25) is 0 Å². The van der Waals surface area contributed by atoms with E-state index in [1.165, 1.54) is 19.2 Å². The number of halogens is 1. The highest BCUT2D eigenvalue weighted by molar-refractivity contribution is 5.78. The van der Waals surface area contributed by atoms with Gasteiger partial charge in [-0.25, -0.2) is 9.18 Å². The molecule has 0 aliphatic rings. The average molecular weight is 374 g/mol. The van der Waals surface area contributed by atoms with Crippen molar-refractivity contribution in [2.24, 2.45) is 5.41 Å². The number of hydrogen-bond donors (Lipinski definition) is 2. The molecule has 0 aliphatic heterocycles. The zero-order chi connectivity index (χ0) is 20.2. The fourth-order valence-corrected chi connectivity index (χ4v) is 3.62. The SMILES string of the molecule is COc1ccc(F)cc1CC(C)(C)CC(O)(C(=O)O)C(C)c1ccccc1. The largest absolute Gasteiger partial charge is 0.496 e.